The van der Waals surface area contributed by atoms with Gasteiger partial charge in [-0.15, -0.1) is 0 Å². The third kappa shape index (κ3) is 7.09. The van der Waals surface area contributed by atoms with Gasteiger partial charge < -0.3 is 14.4 Å². The third-order valence-electron chi connectivity index (χ3n) is 5.39. The summed E-state index contributed by atoms with van der Waals surface area (Å²) in [6.07, 6.45) is 3.63. The number of halogens is 1. The number of likely N-dealkylation sites (tertiary alicyclic amines) is 1. The van der Waals surface area contributed by atoms with E-state index in [4.69, 9.17) is 21.1 Å². The molecule has 1 aromatic heterocycles. The number of anilines is 1. The van der Waals surface area contributed by atoms with Crippen molar-refractivity contribution in [1.82, 2.24) is 9.88 Å². The molecule has 1 fully saturated rings. The van der Waals surface area contributed by atoms with Crippen molar-refractivity contribution in [2.24, 2.45) is 0 Å². The Labute approximate surface area is 200 Å². The first-order valence-electron chi connectivity index (χ1n) is 11.2. The summed E-state index contributed by atoms with van der Waals surface area (Å²) in [4.78, 5) is 31.3. The summed E-state index contributed by atoms with van der Waals surface area (Å²) in [7, 11) is 0. The molecule has 0 radical (unpaired) electrons. The van der Waals surface area contributed by atoms with Crippen LogP contribution in [0.25, 0.3) is 0 Å². The summed E-state index contributed by atoms with van der Waals surface area (Å²) in [6.45, 7) is 9.91. The maximum Gasteiger partial charge on any atom is 0.412 e. The van der Waals surface area contributed by atoms with Gasteiger partial charge >= 0.3 is 6.09 Å². The maximum atomic E-state index is 13.0. The Morgan fingerprint density at radius 2 is 1.85 bits per heavy atom. The molecule has 33 heavy (non-hydrogen) atoms. The Morgan fingerprint density at radius 1 is 1.15 bits per heavy atom. The molecule has 1 aromatic carbocycles. The molecule has 1 N–H and O–H groups in total. The molecule has 1 aliphatic rings. The molecular formula is C25H32ClN3O4. The predicted molar refractivity (Wildman–Crippen MR) is 129 cm³/mol. The van der Waals surface area contributed by atoms with E-state index in [1.165, 1.54) is 0 Å². The lowest BCUT2D eigenvalue weighted by Gasteiger charge is -2.26. The van der Waals surface area contributed by atoms with E-state index in [1.54, 1.807) is 36.5 Å². The van der Waals surface area contributed by atoms with Gasteiger partial charge in [0.05, 0.1) is 6.61 Å². The molecule has 0 spiro atoms. The SMILES string of the molecule is CC1CCC(C)N1C(=O)c1cc(Cl)cc(OCCc2cc(NC(=O)OC(C)(C)C)ccn2)c1. The molecule has 178 valence electrons. The van der Waals surface area contributed by atoms with E-state index >= 15 is 0 Å². The van der Waals surface area contributed by atoms with Gasteiger partial charge in [0.25, 0.3) is 5.91 Å². The summed E-state index contributed by atoms with van der Waals surface area (Å²) >= 11 is 6.27. The molecular weight excluding hydrogens is 442 g/mol. The van der Waals surface area contributed by atoms with Crippen molar-refractivity contribution in [1.29, 1.82) is 0 Å². The van der Waals surface area contributed by atoms with Crippen LogP contribution in [0.15, 0.2) is 36.5 Å². The summed E-state index contributed by atoms with van der Waals surface area (Å²) < 4.78 is 11.2. The number of rotatable bonds is 6. The minimum absolute atomic E-state index is 0.0255. The van der Waals surface area contributed by atoms with E-state index in [9.17, 15) is 9.59 Å². The van der Waals surface area contributed by atoms with Crippen molar-refractivity contribution in [3.8, 4) is 5.75 Å². The van der Waals surface area contributed by atoms with Gasteiger partial charge in [-0.1, -0.05) is 11.6 Å². The van der Waals surface area contributed by atoms with Crippen molar-refractivity contribution in [3.63, 3.8) is 0 Å². The van der Waals surface area contributed by atoms with Gasteiger partial charge in [0.2, 0.25) is 0 Å². The monoisotopic (exact) mass is 473 g/mol. The number of amides is 2. The fraction of sp³-hybridized carbons (Fsp3) is 0.480. The quantitative estimate of drug-likeness (QED) is 0.580. The first-order chi connectivity index (χ1) is 15.5. The summed E-state index contributed by atoms with van der Waals surface area (Å²) in [6, 6.07) is 9.01. The second-order valence-corrected chi connectivity index (χ2v) is 9.86. The molecule has 2 aromatic rings. The van der Waals surface area contributed by atoms with Gasteiger partial charge in [-0.25, -0.2) is 4.79 Å². The largest absolute Gasteiger partial charge is 0.493 e. The fourth-order valence-electron chi connectivity index (χ4n) is 3.90. The van der Waals surface area contributed by atoms with Gasteiger partial charge in [0.1, 0.15) is 11.4 Å². The molecule has 3 rings (SSSR count). The average Bonchev–Trinajstić information content (AvgIpc) is 3.04. The highest BCUT2D eigenvalue weighted by Crippen LogP contribution is 2.28. The Hall–Kier alpha value is -2.80. The highest BCUT2D eigenvalue weighted by Gasteiger charge is 2.32. The van der Waals surface area contributed by atoms with Crippen LogP contribution in [-0.2, 0) is 11.2 Å². The molecule has 2 unspecified atom stereocenters. The molecule has 1 saturated heterocycles. The number of nitrogens with zero attached hydrogens (tertiary/aromatic N) is 2. The van der Waals surface area contributed by atoms with E-state index in [0.717, 1.165) is 18.5 Å². The number of hydrogen-bond acceptors (Lipinski definition) is 5. The van der Waals surface area contributed by atoms with Crippen LogP contribution < -0.4 is 10.1 Å². The van der Waals surface area contributed by atoms with Crippen LogP contribution in [0.2, 0.25) is 5.02 Å². The van der Waals surface area contributed by atoms with E-state index < -0.39 is 11.7 Å². The molecule has 1 aliphatic heterocycles. The molecule has 0 saturated carbocycles. The number of carbonyl (C=O) groups excluding carboxylic acids is 2. The summed E-state index contributed by atoms with van der Waals surface area (Å²) in [5, 5.41) is 3.16. The fourth-order valence-corrected chi connectivity index (χ4v) is 4.13. The van der Waals surface area contributed by atoms with Crippen molar-refractivity contribution in [2.75, 3.05) is 11.9 Å². The van der Waals surface area contributed by atoms with Crippen LogP contribution in [0.1, 0.15) is 63.5 Å². The number of benzene rings is 1. The van der Waals surface area contributed by atoms with Crippen LogP contribution in [0.5, 0.6) is 5.75 Å². The van der Waals surface area contributed by atoms with Crippen molar-refractivity contribution >= 4 is 29.3 Å². The Kier molecular flexibility index (Phi) is 7.84. The van der Waals surface area contributed by atoms with Gasteiger partial charge in [0.15, 0.2) is 0 Å². The van der Waals surface area contributed by atoms with E-state index in [2.05, 4.69) is 24.1 Å². The number of hydrogen-bond donors (Lipinski definition) is 1. The van der Waals surface area contributed by atoms with Crippen LogP contribution in [0.4, 0.5) is 10.5 Å². The summed E-state index contributed by atoms with van der Waals surface area (Å²) in [5.41, 5.74) is 1.30. The molecule has 2 amide bonds. The lowest BCUT2D eigenvalue weighted by atomic mass is 10.1. The number of carbonyl (C=O) groups is 2. The minimum atomic E-state index is -0.574. The number of pyridine rings is 1. The van der Waals surface area contributed by atoms with Gasteiger partial charge in [-0.3, -0.25) is 15.1 Å². The van der Waals surface area contributed by atoms with Crippen LogP contribution in [0.3, 0.4) is 0 Å². The minimum Gasteiger partial charge on any atom is -0.493 e. The van der Waals surface area contributed by atoms with Gasteiger partial charge in [-0.2, -0.15) is 0 Å². The summed E-state index contributed by atoms with van der Waals surface area (Å²) in [5.74, 6) is 0.510. The second-order valence-electron chi connectivity index (χ2n) is 9.42. The number of nitrogens with one attached hydrogen (secondary N) is 1. The highest BCUT2D eigenvalue weighted by molar-refractivity contribution is 6.31. The molecule has 7 nitrogen and oxygen atoms in total. The number of aromatic nitrogens is 1. The zero-order valence-corrected chi connectivity index (χ0v) is 20.6. The normalized spacial score (nSPS) is 18.2. The van der Waals surface area contributed by atoms with E-state index in [0.29, 0.717) is 35.1 Å². The first kappa shape index (κ1) is 24.8. The maximum absolute atomic E-state index is 13.0. The van der Waals surface area contributed by atoms with Crippen molar-refractivity contribution < 1.29 is 19.1 Å². The third-order valence-corrected chi connectivity index (χ3v) is 5.61. The smallest absolute Gasteiger partial charge is 0.412 e. The molecule has 0 bridgehead atoms. The molecule has 2 atom stereocenters. The standard InChI is InChI=1S/C25H32ClN3O4/c1-16-6-7-17(2)29(16)23(30)18-12-19(26)14-22(13-18)32-11-9-20-15-21(8-10-27-20)28-24(31)33-25(3,4)5/h8,10,12-17H,6-7,9,11H2,1-5H3,(H,27,28,31). The van der Waals surface area contributed by atoms with Crippen LogP contribution in [0, 0.1) is 0 Å². The Bertz CT molecular complexity index is 995. The number of ether oxygens (including phenoxy) is 2. The van der Waals surface area contributed by atoms with Gasteiger partial charge in [-0.05, 0) is 77.8 Å². The van der Waals surface area contributed by atoms with Crippen molar-refractivity contribution in [3.05, 3.63) is 52.8 Å². The highest BCUT2D eigenvalue weighted by atomic mass is 35.5. The lowest BCUT2D eigenvalue weighted by molar-refractivity contribution is 0.0634. The lowest BCUT2D eigenvalue weighted by Crippen LogP contribution is -2.38. The first-order valence-corrected chi connectivity index (χ1v) is 11.6. The molecule has 0 aliphatic carbocycles. The zero-order valence-electron chi connectivity index (χ0n) is 19.9. The second kappa shape index (κ2) is 10.4. The molecule has 8 heteroatoms. The van der Waals surface area contributed by atoms with E-state index in [1.807, 2.05) is 25.7 Å². The van der Waals surface area contributed by atoms with E-state index in [-0.39, 0.29) is 18.0 Å². The molecule has 2 heterocycles. The topological polar surface area (TPSA) is 80.8 Å². The predicted octanol–water partition coefficient (Wildman–Crippen LogP) is 5.72. The zero-order chi connectivity index (χ0) is 24.2. The Morgan fingerprint density at radius 3 is 2.52 bits per heavy atom. The van der Waals surface area contributed by atoms with Crippen molar-refractivity contribution in [2.45, 2.75) is 71.6 Å². The average molecular weight is 474 g/mol. The van der Waals surface area contributed by atoms with Crippen LogP contribution >= 0.6 is 11.6 Å². The van der Waals surface area contributed by atoms with Crippen LogP contribution in [-0.4, -0.2) is 46.2 Å². The van der Waals surface area contributed by atoms with Gasteiger partial charge in [0, 0.05) is 46.7 Å². The Balaban J connectivity index is 1.60.